The average molecular weight is 492 g/mol. The topological polar surface area (TPSA) is 74.0 Å². The van der Waals surface area contributed by atoms with E-state index in [0.717, 1.165) is 43.9 Å². The minimum atomic E-state index is -0.578. The Hall–Kier alpha value is -1.21. The second-order valence-corrected chi connectivity index (χ2v) is 9.54. The van der Waals surface area contributed by atoms with E-state index in [1.54, 1.807) is 14.2 Å². The van der Waals surface area contributed by atoms with Crippen molar-refractivity contribution in [2.24, 2.45) is 23.5 Å². The number of hydrogen-bond donors (Lipinski definition) is 1. The third-order valence-corrected chi connectivity index (χ3v) is 6.60. The molecule has 0 aliphatic carbocycles. The van der Waals surface area contributed by atoms with Gasteiger partial charge in [-0.1, -0.05) is 27.7 Å². The molecule has 0 amide bonds. The summed E-state index contributed by atoms with van der Waals surface area (Å²) < 4.78 is 17.1. The molecule has 2 aliphatic heterocycles. The van der Waals surface area contributed by atoms with Crippen LogP contribution in [0.1, 0.15) is 57.7 Å². The molecule has 0 aromatic heterocycles. The summed E-state index contributed by atoms with van der Waals surface area (Å²) in [5.41, 5.74) is 8.64. The van der Waals surface area contributed by atoms with Gasteiger partial charge in [0.25, 0.3) is 0 Å². The molecule has 184 valence electrons. The molecule has 2 heterocycles. The van der Waals surface area contributed by atoms with E-state index in [2.05, 4.69) is 30.9 Å². The van der Waals surface area contributed by atoms with Gasteiger partial charge in [-0.25, -0.2) is 0 Å². The monoisotopic (exact) mass is 490 g/mol. The quantitative estimate of drug-likeness (QED) is 0.570. The van der Waals surface area contributed by atoms with Gasteiger partial charge in [-0.15, -0.1) is 24.8 Å². The molecule has 6 nitrogen and oxygen atoms in total. The summed E-state index contributed by atoms with van der Waals surface area (Å²) in [4.78, 5) is 15.2. The summed E-state index contributed by atoms with van der Waals surface area (Å²) in [6.07, 6.45) is 2.70. The van der Waals surface area contributed by atoms with Crippen molar-refractivity contribution in [2.75, 3.05) is 27.3 Å². The highest BCUT2D eigenvalue weighted by molar-refractivity contribution is 5.85. The highest BCUT2D eigenvalue weighted by Gasteiger charge is 2.41. The van der Waals surface area contributed by atoms with E-state index in [1.807, 2.05) is 13.8 Å². The van der Waals surface area contributed by atoms with Gasteiger partial charge in [0.1, 0.15) is 12.1 Å². The molecule has 4 atom stereocenters. The van der Waals surface area contributed by atoms with E-state index in [4.69, 9.17) is 19.9 Å². The molecule has 1 aromatic carbocycles. The Morgan fingerprint density at radius 2 is 1.75 bits per heavy atom. The molecule has 1 aromatic rings. The van der Waals surface area contributed by atoms with Crippen LogP contribution in [0.25, 0.3) is 0 Å². The molecule has 32 heavy (non-hydrogen) atoms. The van der Waals surface area contributed by atoms with Gasteiger partial charge in [-0.3, -0.25) is 9.69 Å². The molecule has 2 N–H and O–H groups in total. The second kappa shape index (κ2) is 12.3. The van der Waals surface area contributed by atoms with Gasteiger partial charge in [-0.2, -0.15) is 0 Å². The van der Waals surface area contributed by atoms with Crippen molar-refractivity contribution in [3.8, 4) is 11.5 Å². The van der Waals surface area contributed by atoms with Crippen LogP contribution in [0.2, 0.25) is 0 Å². The smallest absolute Gasteiger partial charge is 0.323 e. The van der Waals surface area contributed by atoms with Crippen LogP contribution in [0, 0.1) is 17.8 Å². The summed E-state index contributed by atoms with van der Waals surface area (Å²) in [5.74, 6) is 2.18. The summed E-state index contributed by atoms with van der Waals surface area (Å²) in [6.45, 7) is 10.3. The molecule has 0 spiro atoms. The predicted molar refractivity (Wildman–Crippen MR) is 132 cm³/mol. The van der Waals surface area contributed by atoms with Crippen molar-refractivity contribution >= 4 is 30.8 Å². The van der Waals surface area contributed by atoms with Crippen LogP contribution in [0.3, 0.4) is 0 Å². The first-order valence-corrected chi connectivity index (χ1v) is 11.2. The molecular weight excluding hydrogens is 451 g/mol. The Morgan fingerprint density at radius 3 is 2.31 bits per heavy atom. The highest BCUT2D eigenvalue weighted by atomic mass is 35.5. The zero-order valence-corrected chi connectivity index (χ0v) is 21.8. The Balaban J connectivity index is 0.00000256. The number of carbonyl (C=O) groups excluding carboxylic acids is 1. The molecule has 0 saturated carbocycles. The lowest BCUT2D eigenvalue weighted by molar-refractivity contribution is -0.160. The number of fused-ring (bicyclic) bond motifs is 3. The number of carbonyl (C=O) groups is 1. The van der Waals surface area contributed by atoms with Crippen LogP contribution < -0.4 is 15.2 Å². The minimum absolute atomic E-state index is 0. The van der Waals surface area contributed by atoms with Crippen molar-refractivity contribution in [3.63, 3.8) is 0 Å². The number of nitrogens with zero attached hydrogens (tertiary/aromatic N) is 1. The maximum absolute atomic E-state index is 12.7. The van der Waals surface area contributed by atoms with Crippen LogP contribution in [0.4, 0.5) is 0 Å². The van der Waals surface area contributed by atoms with Crippen LogP contribution in [0.5, 0.6) is 11.5 Å². The number of hydrogen-bond acceptors (Lipinski definition) is 6. The summed E-state index contributed by atoms with van der Waals surface area (Å²) in [5, 5.41) is 0. The molecule has 3 rings (SSSR count). The van der Waals surface area contributed by atoms with E-state index in [-0.39, 0.29) is 48.8 Å². The van der Waals surface area contributed by atoms with Crippen molar-refractivity contribution in [3.05, 3.63) is 23.3 Å². The molecule has 0 radical (unpaired) electrons. The fraction of sp³-hybridized carbons (Fsp3) is 0.708. The van der Waals surface area contributed by atoms with Gasteiger partial charge in [0.05, 0.1) is 14.2 Å². The summed E-state index contributed by atoms with van der Waals surface area (Å²) >= 11 is 0. The lowest BCUT2D eigenvalue weighted by atomic mass is 9.79. The van der Waals surface area contributed by atoms with E-state index in [0.29, 0.717) is 11.8 Å². The molecule has 0 bridgehead atoms. The van der Waals surface area contributed by atoms with Crippen molar-refractivity contribution < 1.29 is 19.0 Å². The SMILES string of the molecule is COc1cc2c(cc1OC)[C@H]1CC(OC(=O)C(N)C(C)C)C(CC(C)C)CN1CC2.Cl.Cl. The standard InChI is InChI=1S/C24H38N2O4.2ClH/c1-14(2)9-17-13-26-8-7-16-10-21(28-5)22(29-6)11-18(16)19(26)12-20(17)30-24(27)23(25)15(3)4;;/h10-11,14-15,17,19-20,23H,7-9,12-13,25H2,1-6H3;2*1H/t17?,19-,20?,23?;;/m1../s1. The Morgan fingerprint density at radius 1 is 1.12 bits per heavy atom. The number of nitrogens with two attached hydrogens (primary N) is 1. The first-order valence-electron chi connectivity index (χ1n) is 11.2. The van der Waals surface area contributed by atoms with Crippen LogP contribution in [-0.2, 0) is 16.0 Å². The molecule has 3 unspecified atom stereocenters. The Kier molecular flexibility index (Phi) is 11.1. The number of esters is 1. The number of rotatable bonds is 7. The Labute approximate surface area is 205 Å². The van der Waals surface area contributed by atoms with Gasteiger partial charge in [0, 0.05) is 31.5 Å². The molecule has 2 aliphatic rings. The van der Waals surface area contributed by atoms with E-state index in [1.165, 1.54) is 11.1 Å². The number of benzene rings is 1. The van der Waals surface area contributed by atoms with Gasteiger partial charge in [0.15, 0.2) is 11.5 Å². The van der Waals surface area contributed by atoms with Crippen LogP contribution in [0.15, 0.2) is 12.1 Å². The van der Waals surface area contributed by atoms with Crippen LogP contribution >= 0.6 is 24.8 Å². The van der Waals surface area contributed by atoms with Gasteiger partial charge >= 0.3 is 5.97 Å². The third-order valence-electron chi connectivity index (χ3n) is 6.60. The second-order valence-electron chi connectivity index (χ2n) is 9.54. The first-order chi connectivity index (χ1) is 14.2. The predicted octanol–water partition coefficient (Wildman–Crippen LogP) is 4.41. The van der Waals surface area contributed by atoms with Gasteiger partial charge < -0.3 is 19.9 Å². The van der Waals surface area contributed by atoms with Crippen molar-refractivity contribution in [1.29, 1.82) is 0 Å². The molecule has 8 heteroatoms. The number of piperidine rings is 1. The van der Waals surface area contributed by atoms with Gasteiger partial charge in [0.2, 0.25) is 0 Å². The number of methoxy groups -OCH3 is 2. The minimum Gasteiger partial charge on any atom is -0.493 e. The third kappa shape index (κ3) is 6.22. The van der Waals surface area contributed by atoms with E-state index >= 15 is 0 Å². The maximum Gasteiger partial charge on any atom is 0.323 e. The fourth-order valence-corrected chi connectivity index (χ4v) is 4.88. The largest absolute Gasteiger partial charge is 0.493 e. The zero-order valence-electron chi connectivity index (χ0n) is 20.1. The van der Waals surface area contributed by atoms with Crippen LogP contribution in [-0.4, -0.2) is 50.3 Å². The van der Waals surface area contributed by atoms with E-state index in [9.17, 15) is 4.79 Å². The Bertz CT molecular complexity index is 760. The van der Waals surface area contributed by atoms with Crippen molar-refractivity contribution in [2.45, 2.75) is 65.1 Å². The van der Waals surface area contributed by atoms with Gasteiger partial charge in [-0.05, 0) is 47.9 Å². The summed E-state index contributed by atoms with van der Waals surface area (Å²) in [6, 6.07) is 3.84. The highest BCUT2D eigenvalue weighted by Crippen LogP contribution is 2.44. The number of halogens is 2. The number of ether oxygens (including phenoxy) is 3. The molecule has 1 fully saturated rings. The van der Waals surface area contributed by atoms with Crippen molar-refractivity contribution in [1.82, 2.24) is 4.90 Å². The maximum atomic E-state index is 12.7. The first kappa shape index (κ1) is 28.8. The summed E-state index contributed by atoms with van der Waals surface area (Å²) in [7, 11) is 3.34. The lowest BCUT2D eigenvalue weighted by Gasteiger charge is -2.47. The molecule has 1 saturated heterocycles. The zero-order chi connectivity index (χ0) is 22.0. The normalized spacial score (nSPS) is 23.3. The molecular formula is C24H40Cl2N2O4. The fourth-order valence-electron chi connectivity index (χ4n) is 4.88. The average Bonchev–Trinajstić information content (AvgIpc) is 2.71. The van der Waals surface area contributed by atoms with E-state index < -0.39 is 6.04 Å². The lowest BCUT2D eigenvalue weighted by Crippen LogP contribution is -2.51.